The predicted octanol–water partition coefficient (Wildman–Crippen LogP) is 3.53. The minimum Gasteiger partial charge on any atom is -0.497 e. The van der Waals surface area contributed by atoms with Gasteiger partial charge >= 0.3 is 11.9 Å². The van der Waals surface area contributed by atoms with Crippen LogP contribution in [0.3, 0.4) is 0 Å². The van der Waals surface area contributed by atoms with Crippen molar-refractivity contribution >= 4 is 23.6 Å². The monoisotopic (exact) mass is 476 g/mol. The molecule has 1 fully saturated rings. The zero-order chi connectivity index (χ0) is 24.8. The van der Waals surface area contributed by atoms with E-state index in [9.17, 15) is 14.7 Å². The van der Waals surface area contributed by atoms with Crippen LogP contribution in [0, 0.1) is 0 Å². The van der Waals surface area contributed by atoms with Crippen molar-refractivity contribution in [2.45, 2.75) is 31.9 Å². The fourth-order valence-electron chi connectivity index (χ4n) is 4.17. The van der Waals surface area contributed by atoms with E-state index in [0.29, 0.717) is 31.9 Å². The van der Waals surface area contributed by atoms with Crippen LogP contribution in [0.1, 0.15) is 18.9 Å². The highest BCUT2D eigenvalue weighted by Gasteiger charge is 2.38. The van der Waals surface area contributed by atoms with Gasteiger partial charge in [0.15, 0.2) is 0 Å². The van der Waals surface area contributed by atoms with Crippen LogP contribution in [0.4, 0.5) is 11.6 Å². The molecule has 0 saturated carbocycles. The number of aromatic nitrogens is 2. The third kappa shape index (κ3) is 6.33. The molecule has 4 rings (SSSR count). The molecule has 2 aromatic carbocycles. The van der Waals surface area contributed by atoms with E-state index in [1.54, 1.807) is 19.5 Å². The number of hydrogen-bond donors (Lipinski definition) is 2. The Labute approximate surface area is 203 Å². The molecule has 1 aromatic heterocycles. The largest absolute Gasteiger partial charge is 0.497 e. The summed E-state index contributed by atoms with van der Waals surface area (Å²) in [6, 6.07) is 14.9. The highest BCUT2D eigenvalue weighted by atomic mass is 16.5. The van der Waals surface area contributed by atoms with Crippen LogP contribution in [0.5, 0.6) is 5.75 Å². The lowest BCUT2D eigenvalue weighted by Gasteiger charge is -2.20. The van der Waals surface area contributed by atoms with Gasteiger partial charge in [0, 0.05) is 50.1 Å². The number of nitrogens with zero attached hydrogens (tertiary/aromatic N) is 3. The van der Waals surface area contributed by atoms with Crippen LogP contribution < -0.4 is 10.1 Å². The second kappa shape index (κ2) is 11.0. The molecule has 0 amide bonds. The first kappa shape index (κ1) is 24.2. The lowest BCUT2D eigenvalue weighted by molar-refractivity contribution is -0.146. The van der Waals surface area contributed by atoms with Gasteiger partial charge < -0.3 is 19.9 Å². The summed E-state index contributed by atoms with van der Waals surface area (Å²) in [5.41, 5.74) is 3.84. The zero-order valence-electron chi connectivity index (χ0n) is 19.7. The number of hydrogen-bond acceptors (Lipinski definition) is 8. The molecule has 1 aliphatic heterocycles. The molecule has 3 aromatic rings. The number of likely N-dealkylation sites (tertiary alicyclic amines) is 1. The van der Waals surface area contributed by atoms with Gasteiger partial charge in [-0.1, -0.05) is 24.3 Å². The van der Waals surface area contributed by atoms with Crippen LogP contribution >= 0.6 is 0 Å². The van der Waals surface area contributed by atoms with Crippen LogP contribution in [0.25, 0.3) is 11.1 Å². The summed E-state index contributed by atoms with van der Waals surface area (Å²) in [5.74, 6) is 0.0123. The van der Waals surface area contributed by atoms with E-state index in [0.717, 1.165) is 28.1 Å². The minimum atomic E-state index is -0.891. The summed E-state index contributed by atoms with van der Waals surface area (Å²) in [6.07, 6.45) is 4.16. The first-order valence-corrected chi connectivity index (χ1v) is 11.4. The van der Waals surface area contributed by atoms with E-state index in [4.69, 9.17) is 9.47 Å². The van der Waals surface area contributed by atoms with Gasteiger partial charge in [0.05, 0.1) is 7.11 Å². The molecule has 0 radical (unpaired) electrons. The Hall–Kier alpha value is -3.98. The van der Waals surface area contributed by atoms with Gasteiger partial charge in [0.25, 0.3) is 0 Å². The normalized spacial score (nSPS) is 17.7. The molecule has 2 unspecified atom stereocenters. The van der Waals surface area contributed by atoms with Crippen LogP contribution in [0.15, 0.2) is 60.9 Å². The Balaban J connectivity index is 1.31. The molecule has 2 heterocycles. The maximum Gasteiger partial charge on any atom is 0.321 e. The Morgan fingerprint density at radius 2 is 1.74 bits per heavy atom. The van der Waals surface area contributed by atoms with Crippen LogP contribution in [-0.2, 0) is 20.7 Å². The number of nitrogens with one attached hydrogen (secondary N) is 1. The summed E-state index contributed by atoms with van der Waals surface area (Å²) in [7, 11) is 1.63. The SMILES string of the molecule is COc1ccc(-c2cnc(Nc3ccc(CCN4CC(OC(C)=O)CC4C(=O)O)cc3)nc2)cc1. The number of anilines is 2. The molecule has 35 heavy (non-hydrogen) atoms. The van der Waals surface area contributed by atoms with Gasteiger partial charge in [0.1, 0.15) is 17.9 Å². The fourth-order valence-corrected chi connectivity index (χ4v) is 4.17. The maximum atomic E-state index is 11.6. The average molecular weight is 477 g/mol. The summed E-state index contributed by atoms with van der Waals surface area (Å²) < 4.78 is 10.4. The van der Waals surface area contributed by atoms with E-state index in [-0.39, 0.29) is 12.1 Å². The Morgan fingerprint density at radius 1 is 1.06 bits per heavy atom. The third-order valence-corrected chi connectivity index (χ3v) is 5.96. The number of esters is 1. The molecule has 9 heteroatoms. The van der Waals surface area contributed by atoms with E-state index in [2.05, 4.69) is 15.3 Å². The molecule has 182 valence electrons. The zero-order valence-corrected chi connectivity index (χ0v) is 19.7. The molecule has 2 atom stereocenters. The number of carboxylic acids is 1. The van der Waals surface area contributed by atoms with Crippen LogP contribution in [-0.4, -0.2) is 64.3 Å². The molecular weight excluding hydrogens is 448 g/mol. The Morgan fingerprint density at radius 3 is 2.34 bits per heavy atom. The number of benzene rings is 2. The van der Waals surface area contributed by atoms with Gasteiger partial charge in [-0.2, -0.15) is 0 Å². The van der Waals surface area contributed by atoms with E-state index in [1.807, 2.05) is 53.4 Å². The topological polar surface area (TPSA) is 114 Å². The summed E-state index contributed by atoms with van der Waals surface area (Å²) >= 11 is 0. The van der Waals surface area contributed by atoms with Gasteiger partial charge in [-0.15, -0.1) is 0 Å². The number of rotatable bonds is 9. The van der Waals surface area contributed by atoms with E-state index >= 15 is 0 Å². The number of carboxylic acid groups (broad SMARTS) is 1. The van der Waals surface area contributed by atoms with E-state index < -0.39 is 12.0 Å². The third-order valence-electron chi connectivity index (χ3n) is 5.96. The van der Waals surface area contributed by atoms with Crippen molar-refractivity contribution in [3.8, 4) is 16.9 Å². The lowest BCUT2D eigenvalue weighted by Crippen LogP contribution is -2.37. The Kier molecular flexibility index (Phi) is 7.57. The number of carbonyl (C=O) groups excluding carboxylic acids is 1. The second-order valence-corrected chi connectivity index (χ2v) is 8.41. The van der Waals surface area contributed by atoms with Crippen molar-refractivity contribution in [2.75, 3.05) is 25.5 Å². The minimum absolute atomic E-state index is 0.315. The first-order valence-electron chi connectivity index (χ1n) is 11.4. The molecule has 0 spiro atoms. The highest BCUT2D eigenvalue weighted by Crippen LogP contribution is 2.23. The number of ether oxygens (including phenoxy) is 2. The summed E-state index contributed by atoms with van der Waals surface area (Å²) in [5, 5.41) is 12.7. The van der Waals surface area contributed by atoms with Crippen molar-refractivity contribution in [1.29, 1.82) is 0 Å². The summed E-state index contributed by atoms with van der Waals surface area (Å²) in [4.78, 5) is 33.5. The van der Waals surface area contributed by atoms with Crippen molar-refractivity contribution in [1.82, 2.24) is 14.9 Å². The van der Waals surface area contributed by atoms with Crippen LogP contribution in [0.2, 0.25) is 0 Å². The van der Waals surface area contributed by atoms with Gasteiger partial charge in [-0.05, 0) is 41.8 Å². The fraction of sp³-hybridized carbons (Fsp3) is 0.308. The molecular formula is C26H28N4O5. The second-order valence-electron chi connectivity index (χ2n) is 8.41. The predicted molar refractivity (Wildman–Crippen MR) is 131 cm³/mol. The van der Waals surface area contributed by atoms with Gasteiger partial charge in [0.2, 0.25) is 5.95 Å². The lowest BCUT2D eigenvalue weighted by atomic mass is 10.1. The van der Waals surface area contributed by atoms with Gasteiger partial charge in [-0.3, -0.25) is 14.5 Å². The molecule has 1 saturated heterocycles. The quantitative estimate of drug-likeness (QED) is 0.448. The number of aliphatic carboxylic acids is 1. The number of methoxy groups -OCH3 is 1. The highest BCUT2D eigenvalue weighted by molar-refractivity contribution is 5.74. The van der Waals surface area contributed by atoms with Gasteiger partial charge in [-0.25, -0.2) is 9.97 Å². The van der Waals surface area contributed by atoms with Crippen molar-refractivity contribution in [3.63, 3.8) is 0 Å². The summed E-state index contributed by atoms with van der Waals surface area (Å²) in [6.45, 7) is 2.34. The van der Waals surface area contributed by atoms with E-state index in [1.165, 1.54) is 6.92 Å². The molecule has 0 bridgehead atoms. The molecule has 0 aliphatic carbocycles. The van der Waals surface area contributed by atoms with Crippen molar-refractivity contribution < 1.29 is 24.2 Å². The smallest absolute Gasteiger partial charge is 0.321 e. The van der Waals surface area contributed by atoms with Crippen molar-refractivity contribution in [2.24, 2.45) is 0 Å². The Bertz CT molecular complexity index is 1150. The average Bonchev–Trinajstić information content (AvgIpc) is 3.26. The maximum absolute atomic E-state index is 11.6. The van der Waals surface area contributed by atoms with Crippen molar-refractivity contribution in [3.05, 3.63) is 66.5 Å². The molecule has 1 aliphatic rings. The molecule has 2 N–H and O–H groups in total. The molecule has 9 nitrogen and oxygen atoms in total. The number of carbonyl (C=O) groups is 2. The first-order chi connectivity index (χ1) is 16.9. The standard InChI is InChI=1S/C26H28N4O5/c1-17(31)35-23-13-24(25(32)33)30(16-23)12-11-18-3-7-21(8-4-18)29-26-27-14-20(15-28-26)19-5-9-22(34-2)10-6-19/h3-10,14-15,23-24H,11-13,16H2,1-2H3,(H,32,33)(H,27,28,29).